The van der Waals surface area contributed by atoms with Crippen LogP contribution >= 0.6 is 0 Å². The summed E-state index contributed by atoms with van der Waals surface area (Å²) in [7, 11) is 1.70. The van der Waals surface area contributed by atoms with E-state index in [0.717, 1.165) is 18.8 Å². The van der Waals surface area contributed by atoms with Crippen molar-refractivity contribution in [2.75, 3.05) is 18.6 Å². The fourth-order valence-corrected chi connectivity index (χ4v) is 2.36. The number of hydrogen-bond donors (Lipinski definition) is 0. The van der Waals surface area contributed by atoms with E-state index in [-0.39, 0.29) is 0 Å². The van der Waals surface area contributed by atoms with E-state index in [1.165, 1.54) is 29.7 Å². The summed E-state index contributed by atoms with van der Waals surface area (Å²) < 4.78 is 5.22. The number of ether oxygens (including phenoxy) is 1. The van der Waals surface area contributed by atoms with Crippen LogP contribution in [0, 0.1) is 6.92 Å². The zero-order chi connectivity index (χ0) is 15.1. The Morgan fingerprint density at radius 2 is 1.62 bits per heavy atom. The third-order valence-corrected chi connectivity index (χ3v) is 3.71. The molecule has 0 heterocycles. The lowest BCUT2D eigenvalue weighted by Crippen LogP contribution is -2.23. The molecule has 0 amide bonds. The number of anilines is 1. The molecule has 0 unspecified atom stereocenters. The molecule has 0 bridgehead atoms. The highest BCUT2D eigenvalue weighted by molar-refractivity contribution is 5.48. The SMILES string of the molecule is CCCCN(Cc1ccc(OC)cc1)c1ccc(C)cc1. The zero-order valence-corrected chi connectivity index (χ0v) is 13.3. The first-order valence-electron chi connectivity index (χ1n) is 7.67. The fraction of sp³-hybridized carbons (Fsp3) is 0.368. The van der Waals surface area contributed by atoms with Crippen LogP contribution in [0.1, 0.15) is 30.9 Å². The molecule has 2 nitrogen and oxygen atoms in total. The molecule has 0 aliphatic heterocycles. The van der Waals surface area contributed by atoms with Gasteiger partial charge in [-0.15, -0.1) is 0 Å². The van der Waals surface area contributed by atoms with Gasteiger partial charge in [0.1, 0.15) is 5.75 Å². The van der Waals surface area contributed by atoms with Crippen molar-refractivity contribution >= 4 is 5.69 Å². The van der Waals surface area contributed by atoms with Gasteiger partial charge in [-0.25, -0.2) is 0 Å². The highest BCUT2D eigenvalue weighted by Gasteiger charge is 2.07. The van der Waals surface area contributed by atoms with Crippen molar-refractivity contribution in [2.24, 2.45) is 0 Å². The monoisotopic (exact) mass is 283 g/mol. The molecule has 2 aromatic carbocycles. The van der Waals surface area contributed by atoms with Gasteiger partial charge in [0.05, 0.1) is 7.11 Å². The Labute approximate surface area is 128 Å². The molecule has 0 saturated carbocycles. The summed E-state index contributed by atoms with van der Waals surface area (Å²) >= 11 is 0. The molecule has 2 aromatic rings. The molecular weight excluding hydrogens is 258 g/mol. The van der Waals surface area contributed by atoms with Crippen LogP contribution in [0.25, 0.3) is 0 Å². The summed E-state index contributed by atoms with van der Waals surface area (Å²) in [5.74, 6) is 0.911. The maximum Gasteiger partial charge on any atom is 0.118 e. The quantitative estimate of drug-likeness (QED) is 0.723. The van der Waals surface area contributed by atoms with Crippen molar-refractivity contribution in [2.45, 2.75) is 33.2 Å². The van der Waals surface area contributed by atoms with Crippen molar-refractivity contribution in [3.63, 3.8) is 0 Å². The van der Waals surface area contributed by atoms with Crippen molar-refractivity contribution in [1.82, 2.24) is 0 Å². The minimum absolute atomic E-state index is 0.911. The lowest BCUT2D eigenvalue weighted by atomic mass is 10.1. The number of unbranched alkanes of at least 4 members (excludes halogenated alkanes) is 1. The van der Waals surface area contributed by atoms with Gasteiger partial charge in [-0.05, 0) is 43.2 Å². The van der Waals surface area contributed by atoms with Crippen LogP contribution in [-0.4, -0.2) is 13.7 Å². The van der Waals surface area contributed by atoms with E-state index in [9.17, 15) is 0 Å². The second-order valence-electron chi connectivity index (χ2n) is 5.46. The summed E-state index contributed by atoms with van der Waals surface area (Å²) in [5.41, 5.74) is 3.91. The second kappa shape index (κ2) is 7.72. The highest BCUT2D eigenvalue weighted by atomic mass is 16.5. The molecule has 112 valence electrons. The first-order chi connectivity index (χ1) is 10.2. The topological polar surface area (TPSA) is 12.5 Å². The molecule has 0 aromatic heterocycles. The number of hydrogen-bond acceptors (Lipinski definition) is 2. The molecule has 0 radical (unpaired) electrons. The molecule has 0 atom stereocenters. The molecule has 2 heteroatoms. The van der Waals surface area contributed by atoms with Crippen LogP contribution in [0.2, 0.25) is 0 Å². The number of methoxy groups -OCH3 is 1. The average molecular weight is 283 g/mol. The van der Waals surface area contributed by atoms with Crippen LogP contribution in [0.5, 0.6) is 5.75 Å². The van der Waals surface area contributed by atoms with Gasteiger partial charge in [-0.3, -0.25) is 0 Å². The van der Waals surface area contributed by atoms with E-state index in [0.29, 0.717) is 0 Å². The van der Waals surface area contributed by atoms with Gasteiger partial charge in [0.25, 0.3) is 0 Å². The second-order valence-corrected chi connectivity index (χ2v) is 5.46. The van der Waals surface area contributed by atoms with Crippen molar-refractivity contribution in [3.8, 4) is 5.75 Å². The van der Waals surface area contributed by atoms with E-state index in [4.69, 9.17) is 4.74 Å². The minimum Gasteiger partial charge on any atom is -0.497 e. The van der Waals surface area contributed by atoms with Gasteiger partial charge in [0.15, 0.2) is 0 Å². The molecule has 0 fully saturated rings. The lowest BCUT2D eigenvalue weighted by molar-refractivity contribution is 0.414. The van der Waals surface area contributed by atoms with E-state index < -0.39 is 0 Å². The standard InChI is InChI=1S/C19H25NO/c1-4-5-14-20(18-10-6-16(2)7-11-18)15-17-8-12-19(21-3)13-9-17/h6-13H,4-5,14-15H2,1-3H3. The summed E-state index contributed by atoms with van der Waals surface area (Å²) in [6.07, 6.45) is 2.43. The van der Waals surface area contributed by atoms with Gasteiger partial charge >= 0.3 is 0 Å². The molecule has 0 N–H and O–H groups in total. The molecule has 0 spiro atoms. The predicted molar refractivity (Wildman–Crippen MR) is 90.1 cm³/mol. The van der Waals surface area contributed by atoms with E-state index >= 15 is 0 Å². The smallest absolute Gasteiger partial charge is 0.118 e. The molecule has 0 aliphatic rings. The summed E-state index contributed by atoms with van der Waals surface area (Å²) in [6.45, 7) is 6.39. The summed E-state index contributed by atoms with van der Waals surface area (Å²) in [4.78, 5) is 2.45. The van der Waals surface area contributed by atoms with Crippen molar-refractivity contribution in [1.29, 1.82) is 0 Å². The maximum atomic E-state index is 5.22. The number of nitrogens with zero attached hydrogens (tertiary/aromatic N) is 1. The molecule has 2 rings (SSSR count). The Hall–Kier alpha value is -1.96. The van der Waals surface area contributed by atoms with Gasteiger partial charge < -0.3 is 9.64 Å². The molecule has 0 saturated heterocycles. The Morgan fingerprint density at radius 1 is 0.952 bits per heavy atom. The predicted octanol–water partition coefficient (Wildman–Crippen LogP) is 4.81. The van der Waals surface area contributed by atoms with Crippen LogP contribution in [0.3, 0.4) is 0 Å². The molecule has 0 aliphatic carbocycles. The fourth-order valence-electron chi connectivity index (χ4n) is 2.36. The first-order valence-corrected chi connectivity index (χ1v) is 7.67. The minimum atomic E-state index is 0.911. The van der Waals surface area contributed by atoms with E-state index in [1.54, 1.807) is 7.11 Å². The third-order valence-electron chi connectivity index (χ3n) is 3.71. The van der Waals surface area contributed by atoms with Gasteiger partial charge in [-0.1, -0.05) is 43.2 Å². The lowest BCUT2D eigenvalue weighted by Gasteiger charge is -2.25. The Morgan fingerprint density at radius 3 is 2.19 bits per heavy atom. The van der Waals surface area contributed by atoms with Gasteiger partial charge in [0.2, 0.25) is 0 Å². The number of aryl methyl sites for hydroxylation is 1. The zero-order valence-electron chi connectivity index (χ0n) is 13.3. The molecular formula is C19H25NO. The Kier molecular flexibility index (Phi) is 5.68. The van der Waals surface area contributed by atoms with Gasteiger partial charge in [0, 0.05) is 18.8 Å². The molecule has 21 heavy (non-hydrogen) atoms. The number of rotatable bonds is 7. The first kappa shape index (κ1) is 15.4. The van der Waals surface area contributed by atoms with E-state index in [1.807, 2.05) is 12.1 Å². The van der Waals surface area contributed by atoms with Crippen LogP contribution < -0.4 is 9.64 Å². The van der Waals surface area contributed by atoms with Crippen LogP contribution in [0.4, 0.5) is 5.69 Å². The Balaban J connectivity index is 2.13. The Bertz CT molecular complexity index is 530. The summed E-state index contributed by atoms with van der Waals surface area (Å²) in [6, 6.07) is 17.1. The van der Waals surface area contributed by atoms with Crippen molar-refractivity contribution in [3.05, 3.63) is 59.7 Å². The van der Waals surface area contributed by atoms with E-state index in [2.05, 4.69) is 55.1 Å². The highest BCUT2D eigenvalue weighted by Crippen LogP contribution is 2.20. The van der Waals surface area contributed by atoms with Crippen LogP contribution in [-0.2, 0) is 6.54 Å². The maximum absolute atomic E-state index is 5.22. The van der Waals surface area contributed by atoms with Crippen LogP contribution in [0.15, 0.2) is 48.5 Å². The third kappa shape index (κ3) is 4.52. The largest absolute Gasteiger partial charge is 0.497 e. The average Bonchev–Trinajstić information content (AvgIpc) is 2.53. The normalized spacial score (nSPS) is 10.4. The number of benzene rings is 2. The van der Waals surface area contributed by atoms with Gasteiger partial charge in [-0.2, -0.15) is 0 Å². The van der Waals surface area contributed by atoms with Crippen molar-refractivity contribution < 1.29 is 4.74 Å². The summed E-state index contributed by atoms with van der Waals surface area (Å²) in [5, 5.41) is 0.